The van der Waals surface area contributed by atoms with Crippen LogP contribution in [0.5, 0.6) is 0 Å². The van der Waals surface area contributed by atoms with Crippen molar-refractivity contribution in [2.75, 3.05) is 5.73 Å². The Morgan fingerprint density at radius 1 is 1.67 bits per heavy atom. The number of ether oxygens (including phenoxy) is 1. The number of nitrogens with zero attached hydrogens (tertiary/aromatic N) is 2. The Labute approximate surface area is 102 Å². The molecule has 1 unspecified atom stereocenters. The number of aliphatic hydroxyl groups excluding tert-OH is 2. The predicted octanol–water partition coefficient (Wildman–Crippen LogP) is -1.20. The maximum Gasteiger partial charge on any atom is 0.351 e. The first kappa shape index (κ1) is 12.9. The first-order valence-corrected chi connectivity index (χ1v) is 5.42. The summed E-state index contributed by atoms with van der Waals surface area (Å²) in [5.74, 6) is 0.0114. The summed E-state index contributed by atoms with van der Waals surface area (Å²) in [4.78, 5) is 15.0. The van der Waals surface area contributed by atoms with Crippen LogP contribution in [0.1, 0.15) is 13.2 Å². The van der Waals surface area contributed by atoms with Crippen LogP contribution in [0.25, 0.3) is 0 Å². The number of hydrogen-bond donors (Lipinski definition) is 3. The molecule has 4 N–H and O–H groups in total. The third-order valence-corrected chi connectivity index (χ3v) is 2.83. The quantitative estimate of drug-likeness (QED) is 0.615. The van der Waals surface area contributed by atoms with Crippen molar-refractivity contribution in [2.24, 2.45) is 0 Å². The second-order valence-corrected chi connectivity index (χ2v) is 4.21. The lowest BCUT2D eigenvalue weighted by Crippen LogP contribution is -2.36. The van der Waals surface area contributed by atoms with Crippen molar-refractivity contribution in [2.45, 2.75) is 37.6 Å². The molecule has 2 rings (SSSR count). The number of hydrogen-bond acceptors (Lipinski definition) is 6. The van der Waals surface area contributed by atoms with E-state index in [-0.39, 0.29) is 5.82 Å². The Morgan fingerprint density at radius 2 is 2.33 bits per heavy atom. The number of nitrogen functional groups attached to an aromatic ring is 1. The molecule has 7 nitrogen and oxygen atoms in total. The van der Waals surface area contributed by atoms with Crippen LogP contribution in [0.3, 0.4) is 0 Å². The largest absolute Gasteiger partial charge is 0.391 e. The van der Waals surface area contributed by atoms with E-state index < -0.39 is 36.4 Å². The lowest BCUT2D eigenvalue weighted by atomic mass is 10.1. The van der Waals surface area contributed by atoms with Crippen molar-refractivity contribution in [1.29, 1.82) is 0 Å². The van der Waals surface area contributed by atoms with Crippen LogP contribution in [-0.2, 0) is 4.74 Å². The predicted molar refractivity (Wildman–Crippen MR) is 59.4 cm³/mol. The molecule has 1 aromatic rings. The van der Waals surface area contributed by atoms with Crippen LogP contribution in [0.4, 0.5) is 10.2 Å². The van der Waals surface area contributed by atoms with Crippen molar-refractivity contribution in [3.63, 3.8) is 0 Å². The van der Waals surface area contributed by atoms with Gasteiger partial charge in [0, 0.05) is 6.20 Å². The Bertz CT molecular complexity index is 492. The summed E-state index contributed by atoms with van der Waals surface area (Å²) in [7, 11) is 0. The number of halogens is 1. The van der Waals surface area contributed by atoms with Crippen molar-refractivity contribution in [3.8, 4) is 0 Å². The molecule has 0 radical (unpaired) electrons. The monoisotopic (exact) mass is 259 g/mol. The summed E-state index contributed by atoms with van der Waals surface area (Å²) >= 11 is 0. The zero-order chi connectivity index (χ0) is 13.4. The highest BCUT2D eigenvalue weighted by atomic mass is 19.1. The second kappa shape index (κ2) is 4.63. The van der Waals surface area contributed by atoms with Gasteiger partial charge in [-0.15, -0.1) is 0 Å². The van der Waals surface area contributed by atoms with Gasteiger partial charge in [0.25, 0.3) is 0 Å². The van der Waals surface area contributed by atoms with Gasteiger partial charge in [-0.3, -0.25) is 4.57 Å². The van der Waals surface area contributed by atoms with Crippen LogP contribution in [0.2, 0.25) is 0 Å². The van der Waals surface area contributed by atoms with Crippen LogP contribution >= 0.6 is 0 Å². The maximum absolute atomic E-state index is 13.9. The zero-order valence-electron chi connectivity index (χ0n) is 9.60. The molecule has 1 fully saturated rings. The summed E-state index contributed by atoms with van der Waals surface area (Å²) in [6.45, 7) is 1.37. The first-order valence-electron chi connectivity index (χ1n) is 5.42. The van der Waals surface area contributed by atoms with Gasteiger partial charge in [0.05, 0.1) is 6.10 Å². The molecule has 5 atom stereocenters. The zero-order valence-corrected chi connectivity index (χ0v) is 9.60. The molecule has 1 aliphatic rings. The van der Waals surface area contributed by atoms with Gasteiger partial charge in [0.15, 0.2) is 12.4 Å². The number of aromatic nitrogens is 2. The fourth-order valence-corrected chi connectivity index (χ4v) is 1.90. The van der Waals surface area contributed by atoms with Gasteiger partial charge in [-0.1, -0.05) is 0 Å². The average Bonchev–Trinajstić information content (AvgIpc) is 2.57. The van der Waals surface area contributed by atoms with E-state index in [9.17, 15) is 19.4 Å². The summed E-state index contributed by atoms with van der Waals surface area (Å²) in [5, 5.41) is 18.9. The molecule has 8 heteroatoms. The highest BCUT2D eigenvalue weighted by Gasteiger charge is 2.47. The number of alkyl halides is 1. The Morgan fingerprint density at radius 3 is 2.83 bits per heavy atom. The van der Waals surface area contributed by atoms with Gasteiger partial charge in [-0.05, 0) is 13.0 Å². The molecule has 0 bridgehead atoms. The fraction of sp³-hybridized carbons (Fsp3) is 0.600. The molecule has 2 heterocycles. The van der Waals surface area contributed by atoms with E-state index in [2.05, 4.69) is 4.98 Å². The van der Waals surface area contributed by atoms with Crippen molar-refractivity contribution < 1.29 is 19.3 Å². The van der Waals surface area contributed by atoms with Gasteiger partial charge < -0.3 is 20.7 Å². The van der Waals surface area contributed by atoms with Crippen LogP contribution < -0.4 is 11.4 Å². The molecule has 0 saturated carbocycles. The van der Waals surface area contributed by atoms with Gasteiger partial charge >= 0.3 is 5.69 Å². The molecule has 0 amide bonds. The van der Waals surface area contributed by atoms with E-state index >= 15 is 0 Å². The highest BCUT2D eigenvalue weighted by Crippen LogP contribution is 2.32. The molecule has 100 valence electrons. The minimum absolute atomic E-state index is 0.0114. The summed E-state index contributed by atoms with van der Waals surface area (Å²) in [6.07, 6.45) is -5.55. The van der Waals surface area contributed by atoms with Gasteiger partial charge in [0.2, 0.25) is 0 Å². The Hall–Kier alpha value is -1.51. The summed E-state index contributed by atoms with van der Waals surface area (Å²) in [6, 6.07) is 1.32. The molecule has 18 heavy (non-hydrogen) atoms. The van der Waals surface area contributed by atoms with E-state index in [1.54, 1.807) is 0 Å². The lowest BCUT2D eigenvalue weighted by molar-refractivity contribution is -0.0783. The second-order valence-electron chi connectivity index (χ2n) is 4.21. The van der Waals surface area contributed by atoms with Crippen LogP contribution in [0, 0.1) is 0 Å². The molecule has 0 aromatic carbocycles. The third kappa shape index (κ3) is 2.09. The number of rotatable bonds is 2. The van der Waals surface area contributed by atoms with E-state index in [0.29, 0.717) is 0 Å². The van der Waals surface area contributed by atoms with E-state index in [0.717, 1.165) is 4.57 Å². The minimum Gasteiger partial charge on any atom is -0.391 e. The summed E-state index contributed by atoms with van der Waals surface area (Å²) in [5.41, 5.74) is 4.54. The highest BCUT2D eigenvalue weighted by molar-refractivity contribution is 5.23. The number of aliphatic hydroxyl groups is 2. The molecule has 1 aromatic heterocycles. The lowest BCUT2D eigenvalue weighted by Gasteiger charge is -2.17. The van der Waals surface area contributed by atoms with Gasteiger partial charge in [-0.25, -0.2) is 9.18 Å². The topological polar surface area (TPSA) is 111 Å². The minimum atomic E-state index is -1.83. The number of nitrogens with two attached hydrogens (primary N) is 1. The summed E-state index contributed by atoms with van der Waals surface area (Å²) < 4.78 is 19.9. The van der Waals surface area contributed by atoms with E-state index in [1.807, 2.05) is 0 Å². The maximum atomic E-state index is 13.9. The third-order valence-electron chi connectivity index (χ3n) is 2.83. The molecule has 1 saturated heterocycles. The SMILES string of the molecule is C[C@H](O)[C@H]1OC(n2ccc(N)nc2=O)[C@H](F)[C@@H]1O. The van der Waals surface area contributed by atoms with Crippen LogP contribution in [0.15, 0.2) is 17.1 Å². The van der Waals surface area contributed by atoms with Gasteiger partial charge in [-0.2, -0.15) is 4.98 Å². The molecule has 0 spiro atoms. The molecule has 0 aliphatic carbocycles. The normalized spacial score (nSPS) is 33.6. The van der Waals surface area contributed by atoms with Crippen LogP contribution in [-0.4, -0.2) is 44.2 Å². The Kier molecular flexibility index (Phi) is 3.33. The smallest absolute Gasteiger partial charge is 0.351 e. The van der Waals surface area contributed by atoms with Crippen molar-refractivity contribution in [3.05, 3.63) is 22.7 Å². The molecular formula is C10H14FN3O4. The first-order chi connectivity index (χ1) is 8.41. The van der Waals surface area contributed by atoms with Crippen molar-refractivity contribution in [1.82, 2.24) is 9.55 Å². The van der Waals surface area contributed by atoms with Crippen molar-refractivity contribution >= 4 is 5.82 Å². The standard InChI is InChI=1S/C10H14FN3O4/c1-4(15)8-7(16)6(11)9(18-8)14-3-2-5(12)13-10(14)17/h2-4,6-9,15-16H,1H3,(H2,12,13,17)/t4-,6+,7-,8+,9?/m0/s1. The molecule has 1 aliphatic heterocycles. The van der Waals surface area contributed by atoms with Gasteiger partial charge in [0.1, 0.15) is 18.0 Å². The fourth-order valence-electron chi connectivity index (χ4n) is 1.90. The van der Waals surface area contributed by atoms with E-state index in [4.69, 9.17) is 10.5 Å². The molecular weight excluding hydrogens is 245 g/mol. The van der Waals surface area contributed by atoms with E-state index in [1.165, 1.54) is 19.2 Å². The Balaban J connectivity index is 2.32. The number of anilines is 1. The average molecular weight is 259 g/mol.